The predicted molar refractivity (Wildman–Crippen MR) is 68.5 cm³/mol. The highest BCUT2D eigenvalue weighted by atomic mass is 79.9. The lowest BCUT2D eigenvalue weighted by Gasteiger charge is -2.18. The van der Waals surface area contributed by atoms with Crippen LogP contribution in [0.5, 0.6) is 0 Å². The van der Waals surface area contributed by atoms with Crippen LogP contribution in [0.3, 0.4) is 0 Å². The van der Waals surface area contributed by atoms with Gasteiger partial charge in [-0.2, -0.15) is 0 Å². The molecule has 0 saturated carbocycles. The first-order valence-electron chi connectivity index (χ1n) is 5.37. The van der Waals surface area contributed by atoms with E-state index in [1.165, 1.54) is 6.07 Å². The summed E-state index contributed by atoms with van der Waals surface area (Å²) in [5, 5.41) is 0. The summed E-state index contributed by atoms with van der Waals surface area (Å²) < 4.78 is 19.5. The normalized spacial score (nSPS) is 11.6. The van der Waals surface area contributed by atoms with Gasteiger partial charge in [0.1, 0.15) is 12.4 Å². The van der Waals surface area contributed by atoms with Gasteiger partial charge in [-0.3, -0.25) is 4.79 Å². The Bertz CT molecular complexity index is 410. The molecule has 0 N–H and O–H groups in total. The number of rotatable bonds is 4. The molecule has 0 aliphatic carbocycles. The van der Waals surface area contributed by atoms with Crippen LogP contribution >= 0.6 is 15.9 Å². The van der Waals surface area contributed by atoms with E-state index in [-0.39, 0.29) is 30.2 Å². The van der Waals surface area contributed by atoms with Gasteiger partial charge in [-0.15, -0.1) is 0 Å². The molecule has 1 rings (SSSR count). The van der Waals surface area contributed by atoms with Crippen LogP contribution in [0.2, 0.25) is 0 Å². The molecule has 0 spiro atoms. The highest BCUT2D eigenvalue weighted by Gasteiger charge is 2.14. The number of hydrogen-bond donors (Lipinski definition) is 0. The number of halogens is 2. The van der Waals surface area contributed by atoms with Gasteiger partial charge in [0.15, 0.2) is 5.78 Å². The Morgan fingerprint density at radius 1 is 1.41 bits per heavy atom. The topological polar surface area (TPSA) is 26.3 Å². The summed E-state index contributed by atoms with van der Waals surface area (Å²) in [6, 6.07) is 4.68. The zero-order valence-electron chi connectivity index (χ0n) is 10.2. The first-order chi connectivity index (χ1) is 7.78. The van der Waals surface area contributed by atoms with Crippen molar-refractivity contribution in [3.63, 3.8) is 0 Å². The maximum absolute atomic E-state index is 13.5. The van der Waals surface area contributed by atoms with Crippen molar-refractivity contribution < 1.29 is 13.9 Å². The van der Waals surface area contributed by atoms with Crippen LogP contribution in [0.1, 0.15) is 26.3 Å². The van der Waals surface area contributed by atoms with Gasteiger partial charge in [0.05, 0.1) is 5.60 Å². The summed E-state index contributed by atoms with van der Waals surface area (Å²) in [6.07, 6.45) is 0.0647. The summed E-state index contributed by atoms with van der Waals surface area (Å²) in [5.74, 6) is -0.496. The Morgan fingerprint density at radius 2 is 2.06 bits per heavy atom. The van der Waals surface area contributed by atoms with E-state index in [9.17, 15) is 9.18 Å². The molecule has 0 heterocycles. The lowest BCUT2D eigenvalue weighted by molar-refractivity contribution is -0.127. The smallest absolute Gasteiger partial charge is 0.162 e. The van der Waals surface area contributed by atoms with Crippen LogP contribution in [0.25, 0.3) is 0 Å². The van der Waals surface area contributed by atoms with Crippen molar-refractivity contribution in [2.24, 2.45) is 0 Å². The van der Waals surface area contributed by atoms with Crippen LogP contribution in [0.4, 0.5) is 4.39 Å². The maximum Gasteiger partial charge on any atom is 0.162 e. The van der Waals surface area contributed by atoms with E-state index in [4.69, 9.17) is 4.74 Å². The third kappa shape index (κ3) is 5.41. The number of carbonyl (C=O) groups excluding carboxylic acids is 1. The Kier molecular flexibility index (Phi) is 4.83. The van der Waals surface area contributed by atoms with Crippen molar-refractivity contribution in [3.8, 4) is 0 Å². The van der Waals surface area contributed by atoms with Crippen molar-refractivity contribution in [2.45, 2.75) is 32.8 Å². The third-order valence-electron chi connectivity index (χ3n) is 2.07. The summed E-state index contributed by atoms with van der Waals surface area (Å²) in [6.45, 7) is 5.64. The summed E-state index contributed by atoms with van der Waals surface area (Å²) >= 11 is 3.17. The zero-order valence-corrected chi connectivity index (χ0v) is 11.8. The van der Waals surface area contributed by atoms with Gasteiger partial charge >= 0.3 is 0 Å². The second-order valence-corrected chi connectivity index (χ2v) is 5.77. The predicted octanol–water partition coefficient (Wildman–Crippen LogP) is 3.51. The molecule has 0 aliphatic rings. The molecule has 0 fully saturated rings. The van der Waals surface area contributed by atoms with Crippen LogP contribution < -0.4 is 0 Å². The minimum absolute atomic E-state index is 0.0129. The molecule has 0 amide bonds. The van der Waals surface area contributed by atoms with Crippen molar-refractivity contribution in [3.05, 3.63) is 34.1 Å². The molecule has 4 heteroatoms. The maximum atomic E-state index is 13.5. The SMILES string of the molecule is CC(C)(C)OCC(=O)Cc1ccc(Br)cc1F. The van der Waals surface area contributed by atoms with E-state index < -0.39 is 0 Å². The Hall–Kier alpha value is -0.740. The quantitative estimate of drug-likeness (QED) is 0.851. The van der Waals surface area contributed by atoms with Gasteiger partial charge in [-0.25, -0.2) is 4.39 Å². The van der Waals surface area contributed by atoms with Crippen LogP contribution in [0.15, 0.2) is 22.7 Å². The number of ketones is 1. The minimum Gasteiger partial charge on any atom is -0.368 e. The molecule has 0 bridgehead atoms. The number of Topliss-reactive ketones (excluding diaryl/α,β-unsaturated/α-hetero) is 1. The van der Waals surface area contributed by atoms with E-state index in [0.717, 1.165) is 0 Å². The van der Waals surface area contributed by atoms with Gasteiger partial charge in [-0.1, -0.05) is 22.0 Å². The van der Waals surface area contributed by atoms with Crippen molar-refractivity contribution in [1.82, 2.24) is 0 Å². The van der Waals surface area contributed by atoms with Gasteiger partial charge in [-0.05, 0) is 38.5 Å². The minimum atomic E-state index is -0.372. The average Bonchev–Trinajstić information content (AvgIpc) is 2.18. The standard InChI is InChI=1S/C13H16BrFO2/c1-13(2,3)17-8-11(16)6-9-4-5-10(14)7-12(9)15/h4-5,7H,6,8H2,1-3H3. The molecular weight excluding hydrogens is 287 g/mol. The molecule has 0 radical (unpaired) electrons. The van der Waals surface area contributed by atoms with Crippen molar-refractivity contribution in [2.75, 3.05) is 6.61 Å². The van der Waals surface area contributed by atoms with E-state index in [1.807, 2.05) is 20.8 Å². The van der Waals surface area contributed by atoms with Crippen LogP contribution in [0, 0.1) is 5.82 Å². The van der Waals surface area contributed by atoms with Crippen molar-refractivity contribution >= 4 is 21.7 Å². The molecule has 17 heavy (non-hydrogen) atoms. The fourth-order valence-electron chi connectivity index (χ4n) is 1.23. The molecule has 0 unspecified atom stereocenters. The number of hydrogen-bond acceptors (Lipinski definition) is 2. The number of benzene rings is 1. The van der Waals surface area contributed by atoms with Crippen LogP contribution in [-0.2, 0) is 16.0 Å². The first kappa shape index (κ1) is 14.3. The van der Waals surface area contributed by atoms with E-state index in [0.29, 0.717) is 10.0 Å². The van der Waals surface area contributed by atoms with Crippen molar-refractivity contribution in [1.29, 1.82) is 0 Å². The average molecular weight is 303 g/mol. The molecule has 94 valence electrons. The summed E-state index contributed by atoms with van der Waals surface area (Å²) in [4.78, 5) is 11.6. The Morgan fingerprint density at radius 3 is 2.59 bits per heavy atom. The largest absolute Gasteiger partial charge is 0.368 e. The van der Waals surface area contributed by atoms with Gasteiger partial charge in [0.25, 0.3) is 0 Å². The molecule has 0 aromatic heterocycles. The zero-order chi connectivity index (χ0) is 13.1. The van der Waals surface area contributed by atoms with E-state index in [2.05, 4.69) is 15.9 Å². The molecule has 0 atom stereocenters. The monoisotopic (exact) mass is 302 g/mol. The molecular formula is C13H16BrFO2. The molecule has 1 aromatic rings. The molecule has 2 nitrogen and oxygen atoms in total. The summed E-state index contributed by atoms with van der Waals surface area (Å²) in [5.41, 5.74) is 0.0456. The lowest BCUT2D eigenvalue weighted by Crippen LogP contribution is -2.24. The second kappa shape index (κ2) is 5.74. The highest BCUT2D eigenvalue weighted by Crippen LogP contribution is 2.16. The van der Waals surface area contributed by atoms with Crippen LogP contribution in [-0.4, -0.2) is 18.0 Å². The molecule has 0 saturated heterocycles. The molecule has 1 aromatic carbocycles. The van der Waals surface area contributed by atoms with Gasteiger partial charge in [0, 0.05) is 10.9 Å². The fraction of sp³-hybridized carbons (Fsp3) is 0.462. The van der Waals surface area contributed by atoms with E-state index in [1.54, 1.807) is 12.1 Å². The third-order valence-corrected chi connectivity index (χ3v) is 2.56. The Balaban J connectivity index is 2.57. The first-order valence-corrected chi connectivity index (χ1v) is 6.17. The Labute approximate surface area is 109 Å². The highest BCUT2D eigenvalue weighted by molar-refractivity contribution is 9.10. The second-order valence-electron chi connectivity index (χ2n) is 4.85. The summed E-state index contributed by atoms with van der Waals surface area (Å²) in [7, 11) is 0. The van der Waals surface area contributed by atoms with E-state index >= 15 is 0 Å². The molecule has 0 aliphatic heterocycles. The number of carbonyl (C=O) groups is 1. The van der Waals surface area contributed by atoms with Gasteiger partial charge in [0.2, 0.25) is 0 Å². The number of ether oxygens (including phenoxy) is 1. The van der Waals surface area contributed by atoms with Gasteiger partial charge < -0.3 is 4.74 Å². The lowest BCUT2D eigenvalue weighted by atomic mass is 10.1. The fourth-order valence-corrected chi connectivity index (χ4v) is 1.56.